The number of aromatic nitrogens is 4. The predicted molar refractivity (Wildman–Crippen MR) is 165 cm³/mol. The van der Waals surface area contributed by atoms with E-state index in [1.807, 2.05) is 9.42 Å². The standard InChI is InChI=1S/C33H43N7O2/c1-20(2)30-26-17-25(5-6-28(26)37-31(30)27-18-40-33(35-19-36-40)22(4)21(27)3)23-9-15-39(16-10-23)29(41)11-14-38-12-7-24(8-13-38)32(34)42/h5-6,17-20,23-24,37H,7-16H2,1-4H3,(H2,34,42). The molecule has 2 aliphatic rings. The number of benzene rings is 1. The van der Waals surface area contributed by atoms with Crippen LogP contribution in [0, 0.1) is 19.8 Å². The fraction of sp³-hybridized carbons (Fsp3) is 0.515. The first kappa shape index (κ1) is 28.4. The summed E-state index contributed by atoms with van der Waals surface area (Å²) < 4.78 is 1.87. The number of aromatic amines is 1. The molecule has 1 aromatic carbocycles. The van der Waals surface area contributed by atoms with Gasteiger partial charge in [-0.2, -0.15) is 5.10 Å². The summed E-state index contributed by atoms with van der Waals surface area (Å²) in [5, 5.41) is 5.70. The van der Waals surface area contributed by atoms with Crippen molar-refractivity contribution in [2.24, 2.45) is 11.7 Å². The number of nitrogens with one attached hydrogen (secondary N) is 1. The maximum absolute atomic E-state index is 13.0. The van der Waals surface area contributed by atoms with E-state index in [-0.39, 0.29) is 17.7 Å². The highest BCUT2D eigenvalue weighted by molar-refractivity contribution is 5.92. The van der Waals surface area contributed by atoms with Gasteiger partial charge in [0.05, 0.1) is 5.69 Å². The largest absolute Gasteiger partial charge is 0.369 e. The highest BCUT2D eigenvalue weighted by atomic mass is 16.2. The minimum Gasteiger partial charge on any atom is -0.369 e. The van der Waals surface area contributed by atoms with Crippen LogP contribution in [0.4, 0.5) is 0 Å². The van der Waals surface area contributed by atoms with Crippen molar-refractivity contribution in [2.75, 3.05) is 32.7 Å². The Morgan fingerprint density at radius 3 is 2.48 bits per heavy atom. The van der Waals surface area contributed by atoms with Crippen LogP contribution in [0.25, 0.3) is 27.8 Å². The topological polar surface area (TPSA) is 113 Å². The Morgan fingerprint density at radius 2 is 1.79 bits per heavy atom. The first-order valence-corrected chi connectivity index (χ1v) is 15.5. The van der Waals surface area contributed by atoms with Crippen LogP contribution in [0.3, 0.4) is 0 Å². The average molecular weight is 570 g/mol. The van der Waals surface area contributed by atoms with Gasteiger partial charge in [0.1, 0.15) is 6.33 Å². The lowest BCUT2D eigenvalue weighted by molar-refractivity contribution is -0.133. The number of carbonyl (C=O) groups excluding carboxylic acids is 2. The number of nitrogens with two attached hydrogens (primary N) is 1. The molecule has 3 N–H and O–H groups in total. The Labute approximate surface area is 247 Å². The zero-order chi connectivity index (χ0) is 29.5. The lowest BCUT2D eigenvalue weighted by atomic mass is 9.87. The van der Waals surface area contributed by atoms with Gasteiger partial charge in [-0.05, 0) is 98.8 Å². The minimum atomic E-state index is -0.194. The first-order chi connectivity index (χ1) is 20.2. The van der Waals surface area contributed by atoms with Gasteiger partial charge in [-0.15, -0.1) is 0 Å². The maximum atomic E-state index is 13.0. The second kappa shape index (κ2) is 11.5. The number of aryl methyl sites for hydroxylation is 1. The number of primary amides is 1. The molecule has 0 atom stereocenters. The smallest absolute Gasteiger partial charge is 0.223 e. The third kappa shape index (κ3) is 5.30. The molecule has 42 heavy (non-hydrogen) atoms. The van der Waals surface area contributed by atoms with Gasteiger partial charge >= 0.3 is 0 Å². The van der Waals surface area contributed by atoms with Crippen molar-refractivity contribution in [3.8, 4) is 11.3 Å². The molecule has 2 aliphatic heterocycles. The molecule has 4 aromatic rings. The fourth-order valence-electron chi connectivity index (χ4n) is 7.07. The van der Waals surface area contributed by atoms with Crippen molar-refractivity contribution in [3.63, 3.8) is 0 Å². The number of H-pyrrole nitrogens is 1. The number of fused-ring (bicyclic) bond motifs is 2. The van der Waals surface area contributed by atoms with E-state index in [9.17, 15) is 9.59 Å². The number of carbonyl (C=O) groups is 2. The number of likely N-dealkylation sites (tertiary alicyclic amines) is 2. The highest BCUT2D eigenvalue weighted by Crippen LogP contribution is 2.40. The second-order valence-electron chi connectivity index (χ2n) is 12.6. The van der Waals surface area contributed by atoms with Crippen LogP contribution in [0.2, 0.25) is 0 Å². The molecular formula is C33H43N7O2. The Kier molecular flexibility index (Phi) is 7.79. The summed E-state index contributed by atoms with van der Waals surface area (Å²) in [5.74, 6) is 0.826. The number of piperidine rings is 2. The summed E-state index contributed by atoms with van der Waals surface area (Å²) in [7, 11) is 0. The summed E-state index contributed by atoms with van der Waals surface area (Å²) in [6.07, 6.45) is 7.82. The SMILES string of the molecule is Cc1c(-c2[nH]c3ccc(C4CCN(C(=O)CCN5CCC(C(N)=O)CC5)CC4)cc3c2C(C)C)cn2ncnc2c1C. The van der Waals surface area contributed by atoms with Crippen LogP contribution in [-0.4, -0.2) is 73.9 Å². The number of hydrogen-bond donors (Lipinski definition) is 2. The van der Waals surface area contributed by atoms with Crippen molar-refractivity contribution in [2.45, 2.75) is 71.6 Å². The molecule has 0 unspecified atom stereocenters. The average Bonchev–Trinajstić information content (AvgIpc) is 3.62. The van der Waals surface area contributed by atoms with E-state index in [1.165, 1.54) is 22.1 Å². The molecule has 0 spiro atoms. The van der Waals surface area contributed by atoms with E-state index in [0.717, 1.165) is 86.4 Å². The highest BCUT2D eigenvalue weighted by Gasteiger charge is 2.27. The van der Waals surface area contributed by atoms with E-state index < -0.39 is 0 Å². The Hall–Kier alpha value is -3.72. The lowest BCUT2D eigenvalue weighted by Gasteiger charge is -2.34. The van der Waals surface area contributed by atoms with Crippen molar-refractivity contribution in [1.82, 2.24) is 29.4 Å². The first-order valence-electron chi connectivity index (χ1n) is 15.5. The van der Waals surface area contributed by atoms with E-state index in [2.05, 4.69) is 72.1 Å². The molecular weight excluding hydrogens is 526 g/mol. The molecule has 3 aromatic heterocycles. The number of hydrogen-bond acceptors (Lipinski definition) is 5. The second-order valence-corrected chi connectivity index (χ2v) is 12.6. The Morgan fingerprint density at radius 1 is 1.05 bits per heavy atom. The summed E-state index contributed by atoms with van der Waals surface area (Å²) in [4.78, 5) is 37.0. The molecule has 5 heterocycles. The van der Waals surface area contributed by atoms with Crippen molar-refractivity contribution in [3.05, 3.63) is 53.0 Å². The molecule has 0 radical (unpaired) electrons. The van der Waals surface area contributed by atoms with Gasteiger partial charge < -0.3 is 20.5 Å². The van der Waals surface area contributed by atoms with E-state index >= 15 is 0 Å². The molecule has 0 saturated carbocycles. The lowest BCUT2D eigenvalue weighted by Crippen LogP contribution is -2.42. The Balaban J connectivity index is 1.15. The van der Waals surface area contributed by atoms with Gasteiger partial charge in [0, 0.05) is 54.6 Å². The maximum Gasteiger partial charge on any atom is 0.223 e. The summed E-state index contributed by atoms with van der Waals surface area (Å²) in [6, 6.07) is 6.89. The van der Waals surface area contributed by atoms with Crippen LogP contribution in [0.1, 0.15) is 80.0 Å². The molecule has 0 bridgehead atoms. The van der Waals surface area contributed by atoms with Crippen LogP contribution < -0.4 is 5.73 Å². The van der Waals surface area contributed by atoms with E-state index in [0.29, 0.717) is 18.3 Å². The molecule has 2 saturated heterocycles. The zero-order valence-corrected chi connectivity index (χ0v) is 25.3. The molecule has 9 heteroatoms. The number of nitrogens with zero attached hydrogens (tertiary/aromatic N) is 5. The molecule has 2 amide bonds. The van der Waals surface area contributed by atoms with E-state index in [1.54, 1.807) is 6.33 Å². The van der Waals surface area contributed by atoms with Gasteiger partial charge in [-0.3, -0.25) is 9.59 Å². The van der Waals surface area contributed by atoms with Gasteiger partial charge in [0.25, 0.3) is 0 Å². The third-order valence-electron chi connectivity index (χ3n) is 9.79. The number of pyridine rings is 1. The molecule has 0 aliphatic carbocycles. The Bertz CT molecular complexity index is 1620. The predicted octanol–water partition coefficient (Wildman–Crippen LogP) is 4.91. The van der Waals surface area contributed by atoms with Crippen LogP contribution in [-0.2, 0) is 9.59 Å². The van der Waals surface area contributed by atoms with Gasteiger partial charge in [-0.1, -0.05) is 19.9 Å². The van der Waals surface area contributed by atoms with Crippen LogP contribution in [0.15, 0.2) is 30.7 Å². The molecule has 2 fully saturated rings. The number of rotatable bonds is 7. The van der Waals surface area contributed by atoms with Gasteiger partial charge in [0.15, 0.2) is 5.65 Å². The van der Waals surface area contributed by atoms with Crippen LogP contribution in [0.5, 0.6) is 0 Å². The van der Waals surface area contributed by atoms with Crippen molar-refractivity contribution in [1.29, 1.82) is 0 Å². The molecule has 222 valence electrons. The summed E-state index contributed by atoms with van der Waals surface area (Å²) in [5.41, 5.74) is 14.9. The van der Waals surface area contributed by atoms with Gasteiger partial charge in [0.2, 0.25) is 11.8 Å². The monoisotopic (exact) mass is 569 g/mol. The summed E-state index contributed by atoms with van der Waals surface area (Å²) in [6.45, 7) is 12.9. The zero-order valence-electron chi connectivity index (χ0n) is 25.3. The normalized spacial score (nSPS) is 17.6. The quantitative estimate of drug-likeness (QED) is 0.328. The van der Waals surface area contributed by atoms with Crippen LogP contribution >= 0.6 is 0 Å². The van der Waals surface area contributed by atoms with Crippen molar-refractivity contribution < 1.29 is 9.59 Å². The molecule has 9 nitrogen and oxygen atoms in total. The van der Waals surface area contributed by atoms with Gasteiger partial charge in [-0.25, -0.2) is 9.50 Å². The fourth-order valence-corrected chi connectivity index (χ4v) is 7.07. The van der Waals surface area contributed by atoms with E-state index in [4.69, 9.17) is 5.73 Å². The number of amides is 2. The minimum absolute atomic E-state index is 0.0120. The molecule has 6 rings (SSSR count). The summed E-state index contributed by atoms with van der Waals surface area (Å²) >= 11 is 0. The van der Waals surface area contributed by atoms with Crippen molar-refractivity contribution >= 4 is 28.4 Å². The third-order valence-corrected chi connectivity index (χ3v) is 9.79.